The molecule has 0 bridgehead atoms. The van der Waals surface area contributed by atoms with Crippen LogP contribution < -0.4 is 4.74 Å². The van der Waals surface area contributed by atoms with Crippen molar-refractivity contribution < 1.29 is 41.7 Å². The highest BCUT2D eigenvalue weighted by Crippen LogP contribution is 2.37. The smallest absolute Gasteiger partial charge is 0.434 e. The molecule has 1 atom stereocenters. The third-order valence-corrected chi connectivity index (χ3v) is 10.2. The minimum absolute atomic E-state index is 0.0148. The van der Waals surface area contributed by atoms with E-state index in [4.69, 9.17) is 18.9 Å². The molecule has 1 amide bonds. The topological polar surface area (TPSA) is 105 Å². The number of aryl methyl sites for hydroxylation is 2. The summed E-state index contributed by atoms with van der Waals surface area (Å²) < 4.78 is 65.6. The number of benzene rings is 1. The van der Waals surface area contributed by atoms with Gasteiger partial charge in [0.2, 0.25) is 0 Å². The Labute approximate surface area is 298 Å². The molecule has 0 aliphatic carbocycles. The molecule has 0 saturated carbocycles. The number of amides is 1. The van der Waals surface area contributed by atoms with Crippen LogP contribution in [-0.2, 0) is 38.2 Å². The maximum atomic E-state index is 14.2. The van der Waals surface area contributed by atoms with Gasteiger partial charge in [0.05, 0.1) is 30.0 Å². The second kappa shape index (κ2) is 14.8. The van der Waals surface area contributed by atoms with Gasteiger partial charge in [-0.15, -0.1) is 11.3 Å². The molecule has 14 heteroatoms. The number of alkyl halides is 3. The molecule has 1 unspecified atom stereocenters. The molecular weight excluding hydrogens is 685 g/mol. The number of esters is 1. The van der Waals surface area contributed by atoms with E-state index in [1.165, 1.54) is 35.5 Å². The van der Waals surface area contributed by atoms with E-state index in [-0.39, 0.29) is 31.5 Å². The van der Waals surface area contributed by atoms with Gasteiger partial charge >= 0.3 is 12.1 Å². The fourth-order valence-corrected chi connectivity index (χ4v) is 7.66. The minimum atomic E-state index is -4.88. The van der Waals surface area contributed by atoms with Crippen LogP contribution in [0, 0.1) is 6.92 Å². The number of nitrogens with zero attached hydrogens (tertiary/aromatic N) is 4. The standard InChI is InChI=1S/C37H41F3N4O6S/c1-6-23-18-26(11-12-27(23)24-13-15-43(16-14-24)34(45)30-21-49-36(4,5)50-30)48-20-25-17-22(3)51-32(25)29-9-8-10-31(42-29)44-33(37(38,39)40)28(19-41-44)35(46)47-7-2/h8-12,17-19,24,30H,6-7,13-16,20-21H2,1-5H3. The van der Waals surface area contributed by atoms with E-state index in [1.54, 1.807) is 12.1 Å². The first-order chi connectivity index (χ1) is 24.3. The third-order valence-electron chi connectivity index (χ3n) is 9.07. The van der Waals surface area contributed by atoms with E-state index in [1.807, 2.05) is 37.8 Å². The highest BCUT2D eigenvalue weighted by Gasteiger charge is 2.42. The molecule has 2 aliphatic heterocycles. The molecule has 2 saturated heterocycles. The van der Waals surface area contributed by atoms with E-state index in [9.17, 15) is 22.8 Å². The van der Waals surface area contributed by atoms with Crippen molar-refractivity contribution in [2.75, 3.05) is 26.3 Å². The second-order valence-electron chi connectivity index (χ2n) is 13.0. The number of pyridine rings is 1. The molecule has 2 fully saturated rings. The zero-order valence-corrected chi connectivity index (χ0v) is 30.0. The molecule has 6 rings (SSSR count). The number of thiophene rings is 1. The number of aromatic nitrogens is 3. The van der Waals surface area contributed by atoms with Crippen molar-refractivity contribution in [1.82, 2.24) is 19.7 Å². The highest BCUT2D eigenvalue weighted by atomic mass is 32.1. The van der Waals surface area contributed by atoms with Crippen LogP contribution in [-0.4, -0.2) is 69.7 Å². The van der Waals surface area contributed by atoms with Gasteiger partial charge in [-0.05, 0) is 94.3 Å². The molecular formula is C37H41F3N4O6S. The van der Waals surface area contributed by atoms with Gasteiger partial charge in [-0.2, -0.15) is 18.3 Å². The molecule has 3 aromatic heterocycles. The Morgan fingerprint density at radius 3 is 2.51 bits per heavy atom. The summed E-state index contributed by atoms with van der Waals surface area (Å²) in [7, 11) is 0. The number of rotatable bonds is 10. The summed E-state index contributed by atoms with van der Waals surface area (Å²) in [5.74, 6) is -0.921. The Kier molecular flexibility index (Phi) is 10.6. The fourth-order valence-electron chi connectivity index (χ4n) is 6.67. The van der Waals surface area contributed by atoms with Crippen LogP contribution in [0.5, 0.6) is 5.75 Å². The average Bonchev–Trinajstić information content (AvgIpc) is 3.83. The summed E-state index contributed by atoms with van der Waals surface area (Å²) in [5.41, 5.74) is 1.81. The van der Waals surface area contributed by atoms with Gasteiger partial charge in [-0.25, -0.2) is 14.5 Å². The monoisotopic (exact) mass is 726 g/mol. The molecule has 51 heavy (non-hydrogen) atoms. The van der Waals surface area contributed by atoms with Crippen molar-refractivity contribution >= 4 is 23.2 Å². The maximum absolute atomic E-state index is 14.2. The lowest BCUT2D eigenvalue weighted by molar-refractivity contribution is -0.160. The Morgan fingerprint density at radius 1 is 1.08 bits per heavy atom. The molecule has 10 nitrogen and oxygen atoms in total. The van der Waals surface area contributed by atoms with E-state index in [0.717, 1.165) is 40.8 Å². The number of hydrogen-bond donors (Lipinski definition) is 0. The van der Waals surface area contributed by atoms with E-state index < -0.39 is 35.3 Å². The lowest BCUT2D eigenvalue weighted by atomic mass is 9.85. The first-order valence-electron chi connectivity index (χ1n) is 17.0. The largest absolute Gasteiger partial charge is 0.489 e. The van der Waals surface area contributed by atoms with E-state index >= 15 is 0 Å². The summed E-state index contributed by atoms with van der Waals surface area (Å²) in [6.45, 7) is 10.9. The first kappa shape index (κ1) is 36.5. The summed E-state index contributed by atoms with van der Waals surface area (Å²) >= 11 is 1.46. The van der Waals surface area contributed by atoms with Gasteiger partial charge in [0.1, 0.15) is 17.9 Å². The summed E-state index contributed by atoms with van der Waals surface area (Å²) in [4.78, 5) is 33.5. The van der Waals surface area contributed by atoms with Crippen LogP contribution in [0.15, 0.2) is 48.7 Å². The predicted octanol–water partition coefficient (Wildman–Crippen LogP) is 7.50. The van der Waals surface area contributed by atoms with Gasteiger partial charge in [0.15, 0.2) is 23.4 Å². The molecule has 0 radical (unpaired) electrons. The van der Waals surface area contributed by atoms with Gasteiger partial charge in [-0.3, -0.25) is 4.79 Å². The first-order valence-corrected chi connectivity index (χ1v) is 17.8. The molecule has 0 spiro atoms. The number of hydrogen-bond acceptors (Lipinski definition) is 9. The zero-order valence-electron chi connectivity index (χ0n) is 29.2. The Balaban J connectivity index is 1.15. The van der Waals surface area contributed by atoms with Crippen molar-refractivity contribution in [1.29, 1.82) is 0 Å². The van der Waals surface area contributed by atoms with Gasteiger partial charge in [0, 0.05) is 23.5 Å². The summed E-state index contributed by atoms with van der Waals surface area (Å²) in [6, 6.07) is 12.9. The van der Waals surface area contributed by atoms with E-state index in [0.29, 0.717) is 35.1 Å². The van der Waals surface area contributed by atoms with Crippen LogP contribution in [0.4, 0.5) is 13.2 Å². The lowest BCUT2D eigenvalue weighted by Crippen LogP contribution is -2.44. The van der Waals surface area contributed by atoms with Gasteiger partial charge < -0.3 is 23.8 Å². The Hall–Kier alpha value is -4.27. The lowest BCUT2D eigenvalue weighted by Gasteiger charge is -2.34. The molecule has 1 aromatic carbocycles. The zero-order chi connectivity index (χ0) is 36.5. The number of ether oxygens (including phenoxy) is 4. The number of carbonyl (C=O) groups excluding carboxylic acids is 2. The van der Waals surface area contributed by atoms with Crippen LogP contribution in [0.1, 0.15) is 84.1 Å². The van der Waals surface area contributed by atoms with Crippen molar-refractivity contribution in [3.8, 4) is 22.1 Å². The van der Waals surface area contributed by atoms with Gasteiger partial charge in [-0.1, -0.05) is 19.1 Å². The van der Waals surface area contributed by atoms with E-state index in [2.05, 4.69) is 29.1 Å². The minimum Gasteiger partial charge on any atom is -0.489 e. The summed E-state index contributed by atoms with van der Waals surface area (Å²) in [5, 5.41) is 3.87. The van der Waals surface area contributed by atoms with Gasteiger partial charge in [0.25, 0.3) is 5.91 Å². The number of halogens is 3. The van der Waals surface area contributed by atoms with Crippen molar-refractivity contribution in [3.05, 3.63) is 81.5 Å². The average molecular weight is 727 g/mol. The molecule has 5 heterocycles. The van der Waals surface area contributed by atoms with Crippen LogP contribution >= 0.6 is 11.3 Å². The molecule has 2 aliphatic rings. The SMILES string of the molecule is CCOC(=O)c1cnn(-c2cccc(-c3sc(C)cc3COc3ccc(C4CCN(C(=O)C5COC(C)(C)O5)CC4)c(CC)c3)n2)c1C(F)(F)F. The molecule has 4 aromatic rings. The fraction of sp³-hybridized carbons (Fsp3) is 0.459. The Bertz CT molecular complexity index is 1900. The van der Waals surface area contributed by atoms with Crippen molar-refractivity contribution in [2.45, 2.75) is 84.5 Å². The highest BCUT2D eigenvalue weighted by molar-refractivity contribution is 7.15. The quantitative estimate of drug-likeness (QED) is 0.155. The maximum Gasteiger partial charge on any atom is 0.434 e. The van der Waals surface area contributed by atoms with Crippen LogP contribution in [0.2, 0.25) is 0 Å². The molecule has 272 valence electrons. The number of carbonyl (C=O) groups is 2. The van der Waals surface area contributed by atoms with Crippen molar-refractivity contribution in [2.24, 2.45) is 0 Å². The summed E-state index contributed by atoms with van der Waals surface area (Å²) in [6.07, 6.45) is -2.06. The predicted molar refractivity (Wildman–Crippen MR) is 184 cm³/mol. The molecule has 0 N–H and O–H groups in total. The second-order valence-corrected chi connectivity index (χ2v) is 14.3. The number of likely N-dealkylation sites (tertiary alicyclic amines) is 1. The van der Waals surface area contributed by atoms with Crippen molar-refractivity contribution in [3.63, 3.8) is 0 Å². The van der Waals surface area contributed by atoms with Crippen LogP contribution in [0.3, 0.4) is 0 Å². The number of piperidine rings is 1. The Morgan fingerprint density at radius 2 is 1.84 bits per heavy atom. The third kappa shape index (κ3) is 7.97. The normalized spacial score (nSPS) is 17.9. The van der Waals surface area contributed by atoms with Crippen LogP contribution in [0.25, 0.3) is 16.4 Å².